The number of hydrogen-bond acceptors (Lipinski definition) is 4. The van der Waals surface area contributed by atoms with E-state index >= 15 is 0 Å². The average molecular weight is 238 g/mol. The average Bonchev–Trinajstić information content (AvgIpc) is 2.18. The summed E-state index contributed by atoms with van der Waals surface area (Å²) in [7, 11) is -3.76. The summed E-state index contributed by atoms with van der Waals surface area (Å²) in [5, 5.41) is 0. The summed E-state index contributed by atoms with van der Waals surface area (Å²) >= 11 is 0. The Labute approximate surface area is 84.9 Å². The summed E-state index contributed by atoms with van der Waals surface area (Å²) in [6.45, 7) is -2.94. The molecule has 5 nitrogen and oxygen atoms in total. The van der Waals surface area contributed by atoms with E-state index in [0.717, 1.165) is 24.3 Å². The van der Waals surface area contributed by atoms with Crippen LogP contribution in [0, 0.1) is 0 Å². The fourth-order valence-corrected chi connectivity index (χ4v) is 1.50. The maximum Gasteiger partial charge on any atom is 0.387 e. The smallest absolute Gasteiger partial charge is 0.387 e. The first kappa shape index (κ1) is 11.8. The number of hydrogen-bond donors (Lipinski definition) is 2. The number of hydrazine groups is 1. The molecular weight excluding hydrogens is 230 g/mol. The first-order valence-electron chi connectivity index (χ1n) is 3.73. The summed E-state index contributed by atoms with van der Waals surface area (Å²) in [6.07, 6.45) is 0. The van der Waals surface area contributed by atoms with Crippen molar-refractivity contribution in [3.05, 3.63) is 24.3 Å². The van der Waals surface area contributed by atoms with Gasteiger partial charge in [-0.1, -0.05) is 0 Å². The minimum absolute atomic E-state index is 0.124. The Bertz CT molecular complexity index is 418. The number of alkyl halides is 2. The van der Waals surface area contributed by atoms with Gasteiger partial charge in [0.2, 0.25) is 0 Å². The van der Waals surface area contributed by atoms with E-state index < -0.39 is 16.6 Å². The summed E-state index contributed by atoms with van der Waals surface area (Å²) in [5.74, 6) is 4.64. The molecule has 0 spiro atoms. The highest BCUT2D eigenvalue weighted by Crippen LogP contribution is 2.17. The van der Waals surface area contributed by atoms with Gasteiger partial charge >= 0.3 is 6.61 Å². The lowest BCUT2D eigenvalue weighted by Gasteiger charge is -2.05. The second-order valence-electron chi connectivity index (χ2n) is 2.47. The van der Waals surface area contributed by atoms with Crippen LogP contribution in [0.5, 0.6) is 5.75 Å². The van der Waals surface area contributed by atoms with Gasteiger partial charge in [-0.25, -0.2) is 8.42 Å². The lowest BCUT2D eigenvalue weighted by Crippen LogP contribution is -2.30. The number of rotatable bonds is 4. The van der Waals surface area contributed by atoms with Crippen LogP contribution in [0.4, 0.5) is 8.78 Å². The molecule has 0 aliphatic carbocycles. The molecule has 8 heteroatoms. The molecule has 1 aromatic rings. The van der Waals surface area contributed by atoms with E-state index in [-0.39, 0.29) is 10.6 Å². The molecule has 15 heavy (non-hydrogen) atoms. The van der Waals surface area contributed by atoms with Crippen molar-refractivity contribution in [3.63, 3.8) is 0 Å². The molecule has 0 bridgehead atoms. The minimum Gasteiger partial charge on any atom is -0.435 e. The van der Waals surface area contributed by atoms with Gasteiger partial charge in [0.05, 0.1) is 4.90 Å². The number of benzene rings is 1. The Balaban J connectivity index is 2.91. The number of ether oxygens (including phenoxy) is 1. The lowest BCUT2D eigenvalue weighted by molar-refractivity contribution is -0.0498. The molecular formula is C7H8F2N2O3S. The third-order valence-electron chi connectivity index (χ3n) is 1.51. The normalized spacial score (nSPS) is 11.7. The molecule has 3 N–H and O–H groups in total. The first-order valence-corrected chi connectivity index (χ1v) is 5.21. The summed E-state index contributed by atoms with van der Waals surface area (Å²) < 4.78 is 49.8. The van der Waals surface area contributed by atoms with Gasteiger partial charge in [-0.3, -0.25) is 5.84 Å². The van der Waals surface area contributed by atoms with E-state index in [1.165, 1.54) is 0 Å². The fourth-order valence-electron chi connectivity index (χ4n) is 0.868. The molecule has 0 saturated carbocycles. The number of nitrogens with two attached hydrogens (primary N) is 1. The van der Waals surface area contributed by atoms with Crippen LogP contribution in [0.3, 0.4) is 0 Å². The predicted octanol–water partition coefficient (Wildman–Crippen LogP) is 0.440. The fraction of sp³-hybridized carbons (Fsp3) is 0.143. The van der Waals surface area contributed by atoms with Crippen LogP contribution >= 0.6 is 0 Å². The van der Waals surface area contributed by atoms with Crippen molar-refractivity contribution in [2.75, 3.05) is 0 Å². The SMILES string of the molecule is NNS(=O)(=O)c1ccc(OC(F)F)cc1. The van der Waals surface area contributed by atoms with Crippen molar-refractivity contribution >= 4 is 10.0 Å². The summed E-state index contributed by atoms with van der Waals surface area (Å²) in [5.41, 5.74) is 0. The predicted molar refractivity (Wildman–Crippen MR) is 47.6 cm³/mol. The minimum atomic E-state index is -3.76. The first-order chi connectivity index (χ1) is 6.95. The molecule has 84 valence electrons. The maximum atomic E-state index is 11.7. The monoisotopic (exact) mass is 238 g/mol. The maximum absolute atomic E-state index is 11.7. The molecule has 0 unspecified atom stereocenters. The van der Waals surface area contributed by atoms with Crippen LogP contribution in [0.2, 0.25) is 0 Å². The quantitative estimate of drug-likeness (QED) is 0.589. The van der Waals surface area contributed by atoms with Crippen molar-refractivity contribution in [1.82, 2.24) is 4.83 Å². The van der Waals surface area contributed by atoms with E-state index in [0.29, 0.717) is 0 Å². The Hall–Kier alpha value is -1.25. The molecule has 0 amide bonds. The van der Waals surface area contributed by atoms with Gasteiger partial charge in [0.15, 0.2) is 0 Å². The van der Waals surface area contributed by atoms with Crippen LogP contribution in [-0.2, 0) is 10.0 Å². The van der Waals surface area contributed by atoms with Gasteiger partial charge in [0.25, 0.3) is 10.0 Å². The summed E-state index contributed by atoms with van der Waals surface area (Å²) in [6, 6.07) is 4.42. The highest BCUT2D eigenvalue weighted by molar-refractivity contribution is 7.89. The third kappa shape index (κ3) is 3.11. The van der Waals surface area contributed by atoms with Gasteiger partial charge in [-0.05, 0) is 24.3 Å². The van der Waals surface area contributed by atoms with Crippen molar-refractivity contribution in [2.24, 2.45) is 5.84 Å². The van der Waals surface area contributed by atoms with E-state index in [1.807, 2.05) is 0 Å². The second-order valence-corrected chi connectivity index (χ2v) is 4.19. The van der Waals surface area contributed by atoms with Crippen molar-refractivity contribution in [1.29, 1.82) is 0 Å². The molecule has 0 radical (unpaired) electrons. The van der Waals surface area contributed by atoms with Crippen LogP contribution in [0.1, 0.15) is 0 Å². The van der Waals surface area contributed by atoms with Crippen molar-refractivity contribution < 1.29 is 21.9 Å². The molecule has 0 saturated heterocycles. The Kier molecular flexibility index (Phi) is 3.56. The van der Waals surface area contributed by atoms with Gasteiger partial charge < -0.3 is 4.74 Å². The van der Waals surface area contributed by atoms with Gasteiger partial charge in [0.1, 0.15) is 5.75 Å². The molecule has 0 aliphatic heterocycles. The highest BCUT2D eigenvalue weighted by Gasteiger charge is 2.12. The zero-order valence-corrected chi connectivity index (χ0v) is 8.17. The van der Waals surface area contributed by atoms with Crippen LogP contribution in [0.15, 0.2) is 29.2 Å². The standard InChI is InChI=1S/C7H8F2N2O3S/c8-7(9)14-5-1-3-6(4-2-5)15(12,13)11-10/h1-4,7,11H,10H2. The van der Waals surface area contributed by atoms with Crippen LogP contribution in [0.25, 0.3) is 0 Å². The van der Waals surface area contributed by atoms with Gasteiger partial charge in [-0.15, -0.1) is 0 Å². The third-order valence-corrected chi connectivity index (χ3v) is 2.72. The van der Waals surface area contributed by atoms with E-state index in [9.17, 15) is 17.2 Å². The Morgan fingerprint density at radius 1 is 1.27 bits per heavy atom. The number of halogens is 2. The van der Waals surface area contributed by atoms with Gasteiger partial charge in [0, 0.05) is 0 Å². The lowest BCUT2D eigenvalue weighted by atomic mass is 10.3. The van der Waals surface area contributed by atoms with E-state index in [1.54, 1.807) is 4.83 Å². The second kappa shape index (κ2) is 4.51. The van der Waals surface area contributed by atoms with Crippen molar-refractivity contribution in [3.8, 4) is 5.75 Å². The molecule has 1 rings (SSSR count). The molecule has 0 atom stereocenters. The molecule has 0 aromatic heterocycles. The Morgan fingerprint density at radius 2 is 1.80 bits per heavy atom. The largest absolute Gasteiger partial charge is 0.435 e. The highest BCUT2D eigenvalue weighted by atomic mass is 32.2. The number of nitrogens with one attached hydrogen (secondary N) is 1. The van der Waals surface area contributed by atoms with E-state index in [4.69, 9.17) is 5.84 Å². The molecule has 0 heterocycles. The molecule has 0 fully saturated rings. The molecule has 1 aromatic carbocycles. The van der Waals surface area contributed by atoms with E-state index in [2.05, 4.69) is 4.74 Å². The molecule has 0 aliphatic rings. The zero-order valence-electron chi connectivity index (χ0n) is 7.35. The van der Waals surface area contributed by atoms with Gasteiger partial charge in [-0.2, -0.15) is 13.6 Å². The van der Waals surface area contributed by atoms with Crippen molar-refractivity contribution in [2.45, 2.75) is 11.5 Å². The van der Waals surface area contributed by atoms with Crippen LogP contribution in [-0.4, -0.2) is 15.0 Å². The topological polar surface area (TPSA) is 81.4 Å². The van der Waals surface area contributed by atoms with Crippen LogP contribution < -0.4 is 15.4 Å². The number of sulfonamides is 1. The summed E-state index contributed by atoms with van der Waals surface area (Å²) in [4.78, 5) is 1.47. The Morgan fingerprint density at radius 3 is 2.20 bits per heavy atom. The zero-order chi connectivity index (χ0) is 11.5.